The maximum absolute atomic E-state index is 11.1. The van der Waals surface area contributed by atoms with Crippen LogP contribution < -0.4 is 0 Å². The molecular weight excluding hydrogens is 260 g/mol. The summed E-state index contributed by atoms with van der Waals surface area (Å²) in [6, 6.07) is 8.47. The second-order valence-electron chi connectivity index (χ2n) is 7.13. The predicted octanol–water partition coefficient (Wildman–Crippen LogP) is 4.58. The van der Waals surface area contributed by atoms with Crippen molar-refractivity contribution in [2.45, 2.75) is 69.5 Å². The molecule has 0 bridgehead atoms. The first-order valence-corrected chi connectivity index (χ1v) is 8.48. The third-order valence-corrected chi connectivity index (χ3v) is 5.73. The Morgan fingerprint density at radius 1 is 1.19 bits per heavy atom. The van der Waals surface area contributed by atoms with Crippen LogP contribution >= 0.6 is 0 Å². The minimum absolute atomic E-state index is 0.391. The number of methoxy groups -OCH3 is 1. The molecule has 1 aromatic carbocycles. The van der Waals surface area contributed by atoms with Crippen molar-refractivity contribution < 1.29 is 9.84 Å². The van der Waals surface area contributed by atoms with Gasteiger partial charge in [0.1, 0.15) is 6.10 Å². The van der Waals surface area contributed by atoms with E-state index in [1.54, 1.807) is 7.11 Å². The molecule has 0 radical (unpaired) electrons. The second-order valence-corrected chi connectivity index (χ2v) is 7.13. The fourth-order valence-electron chi connectivity index (χ4n) is 4.22. The summed E-state index contributed by atoms with van der Waals surface area (Å²) in [5.74, 6) is 1.27. The van der Waals surface area contributed by atoms with Gasteiger partial charge in [0.15, 0.2) is 0 Å². The highest BCUT2D eigenvalue weighted by Crippen LogP contribution is 2.46. The number of benzene rings is 1. The van der Waals surface area contributed by atoms with Gasteiger partial charge in [-0.1, -0.05) is 50.5 Å². The first-order chi connectivity index (χ1) is 10.2. The molecule has 3 rings (SSSR count). The quantitative estimate of drug-likeness (QED) is 0.878. The Balaban J connectivity index is 1.91. The fourth-order valence-corrected chi connectivity index (χ4v) is 4.22. The summed E-state index contributed by atoms with van der Waals surface area (Å²) in [6.45, 7) is 2.28. The molecule has 0 aliphatic heterocycles. The molecule has 2 aliphatic rings. The summed E-state index contributed by atoms with van der Waals surface area (Å²) in [7, 11) is 1.77. The summed E-state index contributed by atoms with van der Waals surface area (Å²) in [4.78, 5) is 0. The molecule has 0 saturated heterocycles. The zero-order valence-corrected chi connectivity index (χ0v) is 13.3. The van der Waals surface area contributed by atoms with Gasteiger partial charge in [-0.2, -0.15) is 0 Å². The van der Waals surface area contributed by atoms with Crippen molar-refractivity contribution in [3.05, 3.63) is 35.4 Å². The van der Waals surface area contributed by atoms with Crippen molar-refractivity contribution in [2.75, 3.05) is 7.11 Å². The van der Waals surface area contributed by atoms with E-state index in [-0.39, 0.29) is 0 Å². The van der Waals surface area contributed by atoms with E-state index < -0.39 is 11.7 Å². The zero-order chi connectivity index (χ0) is 14.9. The van der Waals surface area contributed by atoms with Crippen LogP contribution in [-0.4, -0.2) is 17.8 Å². The van der Waals surface area contributed by atoms with Gasteiger partial charge in [0.2, 0.25) is 0 Å². The smallest absolute Gasteiger partial charge is 0.108 e. The molecule has 2 aliphatic carbocycles. The lowest BCUT2D eigenvalue weighted by atomic mass is 9.71. The highest BCUT2D eigenvalue weighted by molar-refractivity contribution is 5.35. The van der Waals surface area contributed by atoms with E-state index >= 15 is 0 Å². The van der Waals surface area contributed by atoms with Crippen LogP contribution in [0.25, 0.3) is 0 Å². The lowest BCUT2D eigenvalue weighted by molar-refractivity contribution is -0.134. The molecule has 2 fully saturated rings. The molecule has 2 saturated carbocycles. The summed E-state index contributed by atoms with van der Waals surface area (Å²) < 4.78 is 5.90. The van der Waals surface area contributed by atoms with Crippen molar-refractivity contribution in [3.63, 3.8) is 0 Å². The molecule has 2 nitrogen and oxygen atoms in total. The maximum atomic E-state index is 11.1. The van der Waals surface area contributed by atoms with Crippen molar-refractivity contribution >= 4 is 0 Å². The van der Waals surface area contributed by atoms with Gasteiger partial charge < -0.3 is 9.84 Å². The molecular formula is C19H28O2. The average Bonchev–Trinajstić information content (AvgIpc) is 2.45. The fraction of sp³-hybridized carbons (Fsp3) is 0.684. The van der Waals surface area contributed by atoms with Crippen molar-refractivity contribution in [1.29, 1.82) is 0 Å². The number of hydrogen-bond acceptors (Lipinski definition) is 2. The predicted molar refractivity (Wildman–Crippen MR) is 85.4 cm³/mol. The monoisotopic (exact) mass is 288 g/mol. The van der Waals surface area contributed by atoms with Crippen molar-refractivity contribution in [3.8, 4) is 0 Å². The number of aliphatic hydroxyl groups is 1. The van der Waals surface area contributed by atoms with Gasteiger partial charge in [-0.3, -0.25) is 0 Å². The highest BCUT2D eigenvalue weighted by atomic mass is 16.5. The van der Waals surface area contributed by atoms with E-state index in [1.165, 1.54) is 31.2 Å². The molecule has 2 heteroatoms. The molecule has 21 heavy (non-hydrogen) atoms. The van der Waals surface area contributed by atoms with Crippen molar-refractivity contribution in [1.82, 2.24) is 0 Å². The van der Waals surface area contributed by atoms with Gasteiger partial charge in [-0.15, -0.1) is 0 Å². The Hall–Kier alpha value is -0.860. The van der Waals surface area contributed by atoms with Crippen molar-refractivity contribution in [2.24, 2.45) is 5.92 Å². The standard InChI is InChI=1S/C19H28O2/c1-14-7-6-12-19(13-14,21-2)18(20)17-11-4-3-10-16(17)15-8-5-9-15/h3-4,10-11,14-15,18,20H,5-9,12-13H2,1-2H3. The van der Waals surface area contributed by atoms with Gasteiger partial charge in [-0.05, 0) is 48.6 Å². The Morgan fingerprint density at radius 3 is 2.57 bits per heavy atom. The van der Waals surface area contributed by atoms with E-state index in [1.807, 2.05) is 0 Å². The first kappa shape index (κ1) is 15.1. The number of rotatable bonds is 4. The van der Waals surface area contributed by atoms with Crippen LogP contribution in [-0.2, 0) is 4.74 Å². The van der Waals surface area contributed by atoms with E-state index in [2.05, 4.69) is 31.2 Å². The summed E-state index contributed by atoms with van der Waals surface area (Å²) in [5.41, 5.74) is 2.07. The van der Waals surface area contributed by atoms with Gasteiger partial charge in [-0.25, -0.2) is 0 Å². The van der Waals surface area contributed by atoms with Gasteiger partial charge in [0.25, 0.3) is 0 Å². The minimum Gasteiger partial charge on any atom is -0.385 e. The Labute approximate surface area is 128 Å². The molecule has 0 spiro atoms. The van der Waals surface area contributed by atoms with E-state index in [0.717, 1.165) is 24.8 Å². The van der Waals surface area contributed by atoms with Crippen LogP contribution in [0.2, 0.25) is 0 Å². The first-order valence-electron chi connectivity index (χ1n) is 8.48. The maximum Gasteiger partial charge on any atom is 0.108 e. The van der Waals surface area contributed by atoms with Crippen LogP contribution in [0.1, 0.15) is 75.0 Å². The SMILES string of the molecule is COC1(C(O)c2ccccc2C2CCC2)CCCC(C)C1. The van der Waals surface area contributed by atoms with Crippen LogP contribution in [0, 0.1) is 5.92 Å². The van der Waals surface area contributed by atoms with Crippen LogP contribution in [0.3, 0.4) is 0 Å². The Bertz CT molecular complexity index is 480. The lowest BCUT2D eigenvalue weighted by Gasteiger charge is -2.43. The molecule has 3 atom stereocenters. The van der Waals surface area contributed by atoms with E-state index in [9.17, 15) is 5.11 Å². The minimum atomic E-state index is -0.498. The van der Waals surface area contributed by atoms with E-state index in [0.29, 0.717) is 11.8 Å². The normalized spacial score (nSPS) is 31.7. The van der Waals surface area contributed by atoms with Crippen LogP contribution in [0.15, 0.2) is 24.3 Å². The topological polar surface area (TPSA) is 29.5 Å². The Kier molecular flexibility index (Phi) is 4.37. The largest absolute Gasteiger partial charge is 0.385 e. The molecule has 0 heterocycles. The molecule has 116 valence electrons. The second kappa shape index (κ2) is 6.10. The lowest BCUT2D eigenvalue weighted by Crippen LogP contribution is -2.43. The third-order valence-electron chi connectivity index (χ3n) is 5.73. The summed E-state index contributed by atoms with van der Waals surface area (Å²) in [6.07, 6.45) is 7.68. The summed E-state index contributed by atoms with van der Waals surface area (Å²) in [5, 5.41) is 11.1. The molecule has 1 N–H and O–H groups in total. The van der Waals surface area contributed by atoms with Crippen LogP contribution in [0.4, 0.5) is 0 Å². The van der Waals surface area contributed by atoms with Crippen LogP contribution in [0.5, 0.6) is 0 Å². The average molecular weight is 288 g/mol. The third kappa shape index (κ3) is 2.76. The van der Waals surface area contributed by atoms with Gasteiger partial charge in [0.05, 0.1) is 5.60 Å². The van der Waals surface area contributed by atoms with Gasteiger partial charge >= 0.3 is 0 Å². The molecule has 3 unspecified atom stereocenters. The molecule has 1 aromatic rings. The summed E-state index contributed by atoms with van der Waals surface area (Å²) >= 11 is 0. The molecule has 0 amide bonds. The Morgan fingerprint density at radius 2 is 1.95 bits per heavy atom. The zero-order valence-electron chi connectivity index (χ0n) is 13.3. The number of ether oxygens (including phenoxy) is 1. The highest BCUT2D eigenvalue weighted by Gasteiger charge is 2.43. The number of hydrogen-bond donors (Lipinski definition) is 1. The van der Waals surface area contributed by atoms with Gasteiger partial charge in [0, 0.05) is 7.11 Å². The molecule has 0 aromatic heterocycles. The number of aliphatic hydroxyl groups excluding tert-OH is 1. The van der Waals surface area contributed by atoms with E-state index in [4.69, 9.17) is 4.74 Å².